The zero-order valence-corrected chi connectivity index (χ0v) is 19.0. The van der Waals surface area contributed by atoms with Crippen LogP contribution in [0.5, 0.6) is 11.5 Å². The number of piperazine rings is 1. The highest BCUT2D eigenvalue weighted by Crippen LogP contribution is 2.37. The van der Waals surface area contributed by atoms with Crippen molar-refractivity contribution in [1.29, 1.82) is 0 Å². The van der Waals surface area contributed by atoms with Gasteiger partial charge in [0.15, 0.2) is 11.5 Å². The standard InChI is InChI=1S/C22H27Cl2N3O3/c1-15(2)6-12-30-20-18(24)13-16(14-19(20)29-3)22(28)27-10-8-26(9-11-27)21-17(23)5-4-7-25-21/h4-5,7,13-15H,6,8-12H2,1-3H3. The molecule has 2 heterocycles. The number of benzene rings is 1. The van der Waals surface area contributed by atoms with Gasteiger partial charge in [0.1, 0.15) is 5.82 Å². The number of anilines is 1. The van der Waals surface area contributed by atoms with E-state index in [2.05, 4.69) is 23.7 Å². The van der Waals surface area contributed by atoms with Crippen molar-refractivity contribution in [1.82, 2.24) is 9.88 Å². The second-order valence-electron chi connectivity index (χ2n) is 7.61. The molecular weight excluding hydrogens is 425 g/mol. The highest BCUT2D eigenvalue weighted by molar-refractivity contribution is 6.33. The molecule has 0 spiro atoms. The van der Waals surface area contributed by atoms with E-state index in [4.69, 9.17) is 32.7 Å². The number of nitrogens with zero attached hydrogens (tertiary/aromatic N) is 3. The Morgan fingerprint density at radius 2 is 1.90 bits per heavy atom. The molecule has 0 aliphatic carbocycles. The van der Waals surface area contributed by atoms with E-state index in [-0.39, 0.29) is 5.91 Å². The van der Waals surface area contributed by atoms with Crippen LogP contribution in [0.25, 0.3) is 0 Å². The lowest BCUT2D eigenvalue weighted by Gasteiger charge is -2.35. The first-order valence-electron chi connectivity index (χ1n) is 10.1. The van der Waals surface area contributed by atoms with Crippen molar-refractivity contribution in [2.75, 3.05) is 44.8 Å². The molecule has 1 aliphatic rings. The van der Waals surface area contributed by atoms with Crippen LogP contribution < -0.4 is 14.4 Å². The van der Waals surface area contributed by atoms with Crippen LogP contribution in [0.15, 0.2) is 30.5 Å². The van der Waals surface area contributed by atoms with E-state index < -0.39 is 0 Å². The Balaban J connectivity index is 1.68. The molecule has 0 atom stereocenters. The SMILES string of the molecule is COc1cc(C(=O)N2CCN(c3ncccc3Cl)CC2)cc(Cl)c1OCCC(C)C. The highest BCUT2D eigenvalue weighted by atomic mass is 35.5. The van der Waals surface area contributed by atoms with Gasteiger partial charge in [-0.15, -0.1) is 0 Å². The number of rotatable bonds is 7. The Hall–Kier alpha value is -2.18. The number of hydrogen-bond donors (Lipinski definition) is 0. The van der Waals surface area contributed by atoms with Crippen LogP contribution in [-0.2, 0) is 0 Å². The van der Waals surface area contributed by atoms with Gasteiger partial charge in [-0.1, -0.05) is 37.0 Å². The van der Waals surface area contributed by atoms with Crippen LogP contribution in [0.2, 0.25) is 10.0 Å². The predicted octanol–water partition coefficient (Wildman–Crippen LogP) is 4.78. The maximum atomic E-state index is 13.1. The molecule has 0 unspecified atom stereocenters. The van der Waals surface area contributed by atoms with Gasteiger partial charge in [0, 0.05) is 37.9 Å². The molecule has 0 bridgehead atoms. The fourth-order valence-electron chi connectivity index (χ4n) is 3.29. The first-order valence-corrected chi connectivity index (χ1v) is 10.8. The summed E-state index contributed by atoms with van der Waals surface area (Å²) in [4.78, 5) is 21.3. The fourth-order valence-corrected chi connectivity index (χ4v) is 3.80. The van der Waals surface area contributed by atoms with E-state index in [1.807, 2.05) is 6.07 Å². The molecular formula is C22H27Cl2N3O3. The summed E-state index contributed by atoms with van der Waals surface area (Å²) >= 11 is 12.7. The van der Waals surface area contributed by atoms with E-state index in [0.717, 1.165) is 12.2 Å². The lowest BCUT2D eigenvalue weighted by atomic mass is 10.1. The Bertz CT molecular complexity index is 884. The minimum atomic E-state index is -0.0873. The molecule has 162 valence electrons. The van der Waals surface area contributed by atoms with Crippen LogP contribution in [0.3, 0.4) is 0 Å². The van der Waals surface area contributed by atoms with Gasteiger partial charge in [-0.2, -0.15) is 0 Å². The lowest BCUT2D eigenvalue weighted by Crippen LogP contribution is -2.49. The smallest absolute Gasteiger partial charge is 0.254 e. The van der Waals surface area contributed by atoms with Crippen molar-refractivity contribution >= 4 is 34.9 Å². The quantitative estimate of drug-likeness (QED) is 0.605. The van der Waals surface area contributed by atoms with Crippen molar-refractivity contribution in [3.63, 3.8) is 0 Å². The van der Waals surface area contributed by atoms with Crippen LogP contribution in [-0.4, -0.2) is 55.7 Å². The fraction of sp³-hybridized carbons (Fsp3) is 0.455. The normalized spacial score (nSPS) is 14.2. The summed E-state index contributed by atoms with van der Waals surface area (Å²) in [6, 6.07) is 6.97. The zero-order valence-electron chi connectivity index (χ0n) is 17.5. The van der Waals surface area contributed by atoms with Crippen molar-refractivity contribution in [3.8, 4) is 11.5 Å². The molecule has 2 aromatic rings. The van der Waals surface area contributed by atoms with Gasteiger partial charge in [-0.3, -0.25) is 4.79 Å². The second kappa shape index (κ2) is 10.2. The van der Waals surface area contributed by atoms with E-state index in [1.54, 1.807) is 36.4 Å². The summed E-state index contributed by atoms with van der Waals surface area (Å²) in [5, 5.41) is 0.988. The summed E-state index contributed by atoms with van der Waals surface area (Å²) in [5.41, 5.74) is 0.484. The molecule has 1 aromatic carbocycles. The minimum absolute atomic E-state index is 0.0873. The number of methoxy groups -OCH3 is 1. The van der Waals surface area contributed by atoms with Crippen LogP contribution in [0.4, 0.5) is 5.82 Å². The predicted molar refractivity (Wildman–Crippen MR) is 120 cm³/mol. The van der Waals surface area contributed by atoms with Crippen LogP contribution >= 0.6 is 23.2 Å². The molecule has 0 radical (unpaired) electrons. The third kappa shape index (κ3) is 5.29. The van der Waals surface area contributed by atoms with Gasteiger partial charge in [0.2, 0.25) is 0 Å². The van der Waals surface area contributed by atoms with Gasteiger partial charge in [0.25, 0.3) is 5.91 Å². The second-order valence-corrected chi connectivity index (χ2v) is 8.42. The Kier molecular flexibility index (Phi) is 7.67. The third-order valence-corrected chi connectivity index (χ3v) is 5.60. The Labute approximate surface area is 187 Å². The van der Waals surface area contributed by atoms with E-state index in [9.17, 15) is 4.79 Å². The van der Waals surface area contributed by atoms with Gasteiger partial charge in [0.05, 0.1) is 23.8 Å². The summed E-state index contributed by atoms with van der Waals surface area (Å²) in [7, 11) is 1.55. The molecule has 1 aromatic heterocycles. The number of ether oxygens (including phenoxy) is 2. The van der Waals surface area contributed by atoms with Gasteiger partial charge < -0.3 is 19.3 Å². The number of amides is 1. The van der Waals surface area contributed by atoms with Crippen molar-refractivity contribution in [3.05, 3.63) is 46.1 Å². The average Bonchev–Trinajstić information content (AvgIpc) is 2.74. The Morgan fingerprint density at radius 3 is 2.53 bits per heavy atom. The number of hydrogen-bond acceptors (Lipinski definition) is 5. The summed E-state index contributed by atoms with van der Waals surface area (Å²) in [6.07, 6.45) is 2.63. The molecule has 6 nitrogen and oxygen atoms in total. The number of carbonyl (C=O) groups excluding carboxylic acids is 1. The van der Waals surface area contributed by atoms with Gasteiger partial charge in [-0.05, 0) is 36.6 Å². The van der Waals surface area contributed by atoms with E-state index in [1.165, 1.54) is 0 Å². The van der Waals surface area contributed by atoms with Crippen molar-refractivity contribution in [2.24, 2.45) is 5.92 Å². The molecule has 0 saturated carbocycles. The van der Waals surface area contributed by atoms with Gasteiger partial charge >= 0.3 is 0 Å². The molecule has 30 heavy (non-hydrogen) atoms. The zero-order chi connectivity index (χ0) is 21.7. The molecule has 0 N–H and O–H groups in total. The summed E-state index contributed by atoms with van der Waals surface area (Å²) < 4.78 is 11.3. The average molecular weight is 452 g/mol. The molecule has 1 aliphatic heterocycles. The monoisotopic (exact) mass is 451 g/mol. The summed E-state index contributed by atoms with van der Waals surface area (Å²) in [6.45, 7) is 7.25. The van der Waals surface area contributed by atoms with E-state index >= 15 is 0 Å². The maximum Gasteiger partial charge on any atom is 0.254 e. The molecule has 3 rings (SSSR count). The number of carbonyl (C=O) groups is 1. The Morgan fingerprint density at radius 1 is 1.17 bits per heavy atom. The largest absolute Gasteiger partial charge is 0.493 e. The van der Waals surface area contributed by atoms with Crippen molar-refractivity contribution < 1.29 is 14.3 Å². The molecule has 1 saturated heterocycles. The highest BCUT2D eigenvalue weighted by Gasteiger charge is 2.25. The number of pyridine rings is 1. The third-order valence-electron chi connectivity index (χ3n) is 5.02. The topological polar surface area (TPSA) is 54.9 Å². The summed E-state index contributed by atoms with van der Waals surface area (Å²) in [5.74, 6) is 2.13. The minimum Gasteiger partial charge on any atom is -0.493 e. The van der Waals surface area contributed by atoms with Crippen LogP contribution in [0.1, 0.15) is 30.6 Å². The molecule has 8 heteroatoms. The maximum absolute atomic E-state index is 13.1. The lowest BCUT2D eigenvalue weighted by molar-refractivity contribution is 0.0746. The number of aromatic nitrogens is 1. The molecule has 1 fully saturated rings. The number of halogens is 2. The first kappa shape index (κ1) is 22.5. The van der Waals surface area contributed by atoms with Gasteiger partial charge in [-0.25, -0.2) is 4.98 Å². The van der Waals surface area contributed by atoms with Crippen molar-refractivity contribution in [2.45, 2.75) is 20.3 Å². The molecule has 1 amide bonds. The van der Waals surface area contributed by atoms with Crippen LogP contribution in [0, 0.1) is 5.92 Å². The first-order chi connectivity index (χ1) is 14.4. The van der Waals surface area contributed by atoms with E-state index in [0.29, 0.717) is 65.8 Å².